The molecule has 2 unspecified atom stereocenters. The number of benzene rings is 1. The summed E-state index contributed by atoms with van der Waals surface area (Å²) in [5, 5.41) is 0.535. The Morgan fingerprint density at radius 1 is 1.44 bits per heavy atom. The molecule has 2 N–H and O–H groups in total. The molecule has 16 heavy (non-hydrogen) atoms. The first-order valence-electron chi connectivity index (χ1n) is 5.48. The minimum Gasteiger partial charge on any atom is -0.372 e. The van der Waals surface area contributed by atoms with Gasteiger partial charge in [0.15, 0.2) is 0 Å². The first-order valence-corrected chi connectivity index (χ1v) is 5.86. The van der Waals surface area contributed by atoms with Gasteiger partial charge >= 0.3 is 0 Å². The van der Waals surface area contributed by atoms with Crippen molar-refractivity contribution in [2.45, 2.75) is 38.0 Å². The molecule has 0 aliphatic heterocycles. The largest absolute Gasteiger partial charge is 0.372 e. The Balaban J connectivity index is 1.96. The Morgan fingerprint density at radius 3 is 2.94 bits per heavy atom. The maximum atomic E-state index is 13.0. The highest BCUT2D eigenvalue weighted by Gasteiger charge is 2.24. The van der Waals surface area contributed by atoms with Crippen LogP contribution >= 0.6 is 11.6 Å². The second-order valence-electron chi connectivity index (χ2n) is 4.18. The van der Waals surface area contributed by atoms with Crippen LogP contribution in [0.5, 0.6) is 0 Å². The summed E-state index contributed by atoms with van der Waals surface area (Å²) in [5.41, 5.74) is 6.56. The summed E-state index contributed by atoms with van der Waals surface area (Å²) in [4.78, 5) is 0. The maximum Gasteiger partial charge on any atom is 0.123 e. The fraction of sp³-hybridized carbons (Fsp3) is 0.500. The van der Waals surface area contributed by atoms with Crippen LogP contribution in [0.25, 0.3) is 0 Å². The summed E-state index contributed by atoms with van der Waals surface area (Å²) in [6, 6.07) is 4.40. The van der Waals surface area contributed by atoms with Gasteiger partial charge in [-0.25, -0.2) is 4.39 Å². The zero-order valence-electron chi connectivity index (χ0n) is 8.96. The quantitative estimate of drug-likeness (QED) is 0.886. The molecule has 2 atom stereocenters. The third kappa shape index (κ3) is 2.73. The van der Waals surface area contributed by atoms with Gasteiger partial charge in [0.25, 0.3) is 0 Å². The van der Waals surface area contributed by atoms with Crippen LogP contribution in [-0.2, 0) is 11.3 Å². The summed E-state index contributed by atoms with van der Waals surface area (Å²) in [7, 11) is 0. The van der Waals surface area contributed by atoms with E-state index in [-0.39, 0.29) is 18.0 Å². The van der Waals surface area contributed by atoms with Gasteiger partial charge in [-0.3, -0.25) is 0 Å². The van der Waals surface area contributed by atoms with Gasteiger partial charge in [0.05, 0.1) is 12.7 Å². The molecule has 0 spiro atoms. The fourth-order valence-electron chi connectivity index (χ4n) is 2.01. The normalized spacial score (nSPS) is 24.9. The van der Waals surface area contributed by atoms with Crippen LogP contribution in [0.3, 0.4) is 0 Å². The van der Waals surface area contributed by atoms with E-state index < -0.39 is 0 Å². The zero-order chi connectivity index (χ0) is 11.5. The highest BCUT2D eigenvalue weighted by molar-refractivity contribution is 6.31. The van der Waals surface area contributed by atoms with E-state index in [1.165, 1.54) is 12.1 Å². The summed E-state index contributed by atoms with van der Waals surface area (Å²) in [5.74, 6) is -0.293. The van der Waals surface area contributed by atoms with Gasteiger partial charge in [0, 0.05) is 11.1 Å². The first-order chi connectivity index (χ1) is 7.66. The lowest BCUT2D eigenvalue weighted by Gasteiger charge is -2.16. The number of hydrogen-bond acceptors (Lipinski definition) is 2. The number of rotatable bonds is 3. The smallest absolute Gasteiger partial charge is 0.123 e. The Kier molecular flexibility index (Phi) is 3.79. The third-order valence-electron chi connectivity index (χ3n) is 2.96. The van der Waals surface area contributed by atoms with Gasteiger partial charge in [0.1, 0.15) is 5.82 Å². The molecule has 0 heterocycles. The summed E-state index contributed by atoms with van der Waals surface area (Å²) in [6.07, 6.45) is 3.16. The maximum absolute atomic E-state index is 13.0. The van der Waals surface area contributed by atoms with Crippen LogP contribution in [0.2, 0.25) is 5.02 Å². The van der Waals surface area contributed by atoms with Gasteiger partial charge in [0.2, 0.25) is 0 Å². The highest BCUT2D eigenvalue weighted by Crippen LogP contribution is 2.24. The second kappa shape index (κ2) is 5.13. The molecule has 1 aromatic carbocycles. The molecule has 1 saturated carbocycles. The molecule has 1 aromatic rings. The monoisotopic (exact) mass is 243 g/mol. The van der Waals surface area contributed by atoms with E-state index >= 15 is 0 Å². The molecule has 0 amide bonds. The molecule has 0 radical (unpaired) electrons. The molecule has 0 aromatic heterocycles. The fourth-order valence-corrected chi connectivity index (χ4v) is 2.18. The van der Waals surface area contributed by atoms with Crippen LogP contribution in [-0.4, -0.2) is 12.1 Å². The molecular formula is C12H15ClFNO. The van der Waals surface area contributed by atoms with E-state index in [1.807, 2.05) is 0 Å². The molecule has 0 saturated heterocycles. The SMILES string of the molecule is NC1CCCC1OCc1cc(F)ccc1Cl. The van der Waals surface area contributed by atoms with Crippen LogP contribution in [0, 0.1) is 5.82 Å². The van der Waals surface area contributed by atoms with Gasteiger partial charge in [-0.05, 0) is 43.0 Å². The molecule has 4 heteroatoms. The third-order valence-corrected chi connectivity index (χ3v) is 3.33. The minimum absolute atomic E-state index is 0.0827. The van der Waals surface area contributed by atoms with E-state index in [0.717, 1.165) is 19.3 Å². The van der Waals surface area contributed by atoms with Crippen LogP contribution in [0.4, 0.5) is 4.39 Å². The van der Waals surface area contributed by atoms with Crippen molar-refractivity contribution in [3.05, 3.63) is 34.6 Å². The van der Waals surface area contributed by atoms with Crippen molar-refractivity contribution in [3.63, 3.8) is 0 Å². The Bertz CT molecular complexity index is 372. The molecule has 2 nitrogen and oxygen atoms in total. The Hall–Kier alpha value is -0.640. The van der Waals surface area contributed by atoms with E-state index in [2.05, 4.69) is 0 Å². The van der Waals surface area contributed by atoms with E-state index in [0.29, 0.717) is 17.2 Å². The molecule has 1 aliphatic carbocycles. The topological polar surface area (TPSA) is 35.2 Å². The van der Waals surface area contributed by atoms with Crippen molar-refractivity contribution in [2.75, 3.05) is 0 Å². The lowest BCUT2D eigenvalue weighted by atomic mass is 10.2. The lowest BCUT2D eigenvalue weighted by Crippen LogP contribution is -2.31. The molecule has 2 rings (SSSR count). The lowest BCUT2D eigenvalue weighted by molar-refractivity contribution is 0.0356. The minimum atomic E-state index is -0.293. The molecular weight excluding hydrogens is 229 g/mol. The van der Waals surface area contributed by atoms with Crippen molar-refractivity contribution in [1.82, 2.24) is 0 Å². The number of ether oxygens (including phenoxy) is 1. The average molecular weight is 244 g/mol. The van der Waals surface area contributed by atoms with Crippen molar-refractivity contribution >= 4 is 11.6 Å². The zero-order valence-corrected chi connectivity index (χ0v) is 9.71. The standard InChI is InChI=1S/C12H15ClFNO/c13-10-5-4-9(14)6-8(10)7-16-12-3-1-2-11(12)15/h4-6,11-12H,1-3,7,15H2. The van der Waals surface area contributed by atoms with Crippen molar-refractivity contribution in [2.24, 2.45) is 5.73 Å². The predicted molar refractivity (Wildman–Crippen MR) is 61.8 cm³/mol. The van der Waals surface area contributed by atoms with Gasteiger partial charge in [-0.1, -0.05) is 11.6 Å². The molecule has 88 valence electrons. The second-order valence-corrected chi connectivity index (χ2v) is 4.59. The molecule has 1 fully saturated rings. The van der Waals surface area contributed by atoms with E-state index in [1.54, 1.807) is 6.07 Å². The molecule has 1 aliphatic rings. The Morgan fingerprint density at radius 2 is 2.25 bits per heavy atom. The summed E-state index contributed by atoms with van der Waals surface area (Å²) >= 11 is 5.94. The summed E-state index contributed by atoms with van der Waals surface area (Å²) in [6.45, 7) is 0.328. The highest BCUT2D eigenvalue weighted by atomic mass is 35.5. The van der Waals surface area contributed by atoms with Crippen molar-refractivity contribution in [3.8, 4) is 0 Å². The first kappa shape index (κ1) is 11.8. The Labute approximate surface area is 99.5 Å². The van der Waals surface area contributed by atoms with Crippen molar-refractivity contribution < 1.29 is 9.13 Å². The van der Waals surface area contributed by atoms with E-state index in [4.69, 9.17) is 22.1 Å². The van der Waals surface area contributed by atoms with E-state index in [9.17, 15) is 4.39 Å². The van der Waals surface area contributed by atoms with Crippen LogP contribution in [0.1, 0.15) is 24.8 Å². The van der Waals surface area contributed by atoms with Gasteiger partial charge < -0.3 is 10.5 Å². The summed E-state index contributed by atoms with van der Waals surface area (Å²) < 4.78 is 18.6. The van der Waals surface area contributed by atoms with Crippen LogP contribution in [0.15, 0.2) is 18.2 Å². The predicted octanol–water partition coefficient (Wildman–Crippen LogP) is 2.88. The van der Waals surface area contributed by atoms with Gasteiger partial charge in [-0.15, -0.1) is 0 Å². The number of halogens is 2. The number of hydrogen-bond donors (Lipinski definition) is 1. The molecule has 0 bridgehead atoms. The number of nitrogens with two attached hydrogens (primary N) is 1. The van der Waals surface area contributed by atoms with Gasteiger partial charge in [-0.2, -0.15) is 0 Å². The van der Waals surface area contributed by atoms with Crippen LogP contribution < -0.4 is 5.73 Å². The van der Waals surface area contributed by atoms with Crippen molar-refractivity contribution in [1.29, 1.82) is 0 Å². The average Bonchev–Trinajstić information content (AvgIpc) is 2.66.